The first-order valence-corrected chi connectivity index (χ1v) is 4.22. The van der Waals surface area contributed by atoms with Gasteiger partial charge in [0.15, 0.2) is 0 Å². The molecule has 1 unspecified atom stereocenters. The molecule has 1 amide bonds. The summed E-state index contributed by atoms with van der Waals surface area (Å²) in [7, 11) is 0. The van der Waals surface area contributed by atoms with E-state index in [1.165, 1.54) is 6.92 Å². The highest BCUT2D eigenvalue weighted by Gasteiger charge is 2.37. The normalized spacial score (nSPS) is 26.9. The van der Waals surface area contributed by atoms with Gasteiger partial charge in [0.1, 0.15) is 5.78 Å². The van der Waals surface area contributed by atoms with Crippen molar-refractivity contribution in [2.24, 2.45) is 5.92 Å². The van der Waals surface area contributed by atoms with Gasteiger partial charge in [-0.3, -0.25) is 4.79 Å². The molecule has 0 aromatic rings. The first-order valence-electron chi connectivity index (χ1n) is 4.22. The smallest absolute Gasteiger partial charge is 0.224 e. The molecule has 0 aliphatic carbocycles. The Hall–Kier alpha value is -0.860. The predicted octanol–water partition coefficient (Wildman–Crippen LogP) is 0.880. The van der Waals surface area contributed by atoms with Gasteiger partial charge in [-0.25, -0.2) is 0 Å². The number of ketones is 1. The summed E-state index contributed by atoms with van der Waals surface area (Å²) in [4.78, 5) is 22.0. The lowest BCUT2D eigenvalue weighted by Crippen LogP contribution is -2.34. The molecule has 68 valence electrons. The van der Waals surface area contributed by atoms with Crippen LogP contribution in [0.4, 0.5) is 0 Å². The van der Waals surface area contributed by atoms with Gasteiger partial charge in [-0.2, -0.15) is 0 Å². The molecule has 1 atom stereocenters. The van der Waals surface area contributed by atoms with E-state index in [0.717, 1.165) is 6.42 Å². The summed E-state index contributed by atoms with van der Waals surface area (Å²) in [5, 5.41) is 2.86. The number of hydrogen-bond donors (Lipinski definition) is 1. The minimum Gasteiger partial charge on any atom is -0.351 e. The van der Waals surface area contributed by atoms with Gasteiger partial charge in [-0.05, 0) is 27.2 Å². The van der Waals surface area contributed by atoms with Gasteiger partial charge >= 0.3 is 0 Å². The SMILES string of the molecule is CC(=O)CC1CC(C)(C)NC1=O. The number of nitrogens with one attached hydrogen (secondary N) is 1. The number of carbonyl (C=O) groups is 2. The summed E-state index contributed by atoms with van der Waals surface area (Å²) in [5.74, 6) is 0.0144. The molecule has 12 heavy (non-hydrogen) atoms. The maximum atomic E-state index is 11.3. The zero-order chi connectivity index (χ0) is 9.35. The number of hydrogen-bond acceptors (Lipinski definition) is 2. The van der Waals surface area contributed by atoms with E-state index in [9.17, 15) is 9.59 Å². The van der Waals surface area contributed by atoms with Crippen molar-refractivity contribution in [3.05, 3.63) is 0 Å². The topological polar surface area (TPSA) is 46.2 Å². The van der Waals surface area contributed by atoms with Crippen LogP contribution in [0.2, 0.25) is 0 Å². The minimum atomic E-state index is -0.128. The lowest BCUT2D eigenvalue weighted by atomic mass is 9.93. The highest BCUT2D eigenvalue weighted by atomic mass is 16.2. The maximum absolute atomic E-state index is 11.3. The molecule has 0 spiro atoms. The molecule has 1 fully saturated rings. The number of rotatable bonds is 2. The van der Waals surface area contributed by atoms with Gasteiger partial charge in [-0.15, -0.1) is 0 Å². The average Bonchev–Trinajstić information content (AvgIpc) is 2.03. The molecule has 3 heteroatoms. The summed E-state index contributed by atoms with van der Waals surface area (Å²) in [6.07, 6.45) is 1.15. The second kappa shape index (κ2) is 2.88. The summed E-state index contributed by atoms with van der Waals surface area (Å²) in [5.41, 5.74) is -0.128. The molecule has 0 aromatic heterocycles. The van der Waals surface area contributed by atoms with E-state index >= 15 is 0 Å². The van der Waals surface area contributed by atoms with Crippen molar-refractivity contribution >= 4 is 11.7 Å². The monoisotopic (exact) mass is 169 g/mol. The third-order valence-electron chi connectivity index (χ3n) is 2.12. The molecule has 1 rings (SSSR count). The van der Waals surface area contributed by atoms with Crippen molar-refractivity contribution in [1.29, 1.82) is 0 Å². The molecule has 0 bridgehead atoms. The Morgan fingerprint density at radius 1 is 1.67 bits per heavy atom. The summed E-state index contributed by atoms with van der Waals surface area (Å²) in [6.45, 7) is 5.48. The summed E-state index contributed by atoms with van der Waals surface area (Å²) >= 11 is 0. The van der Waals surface area contributed by atoms with Gasteiger partial charge in [0.2, 0.25) is 5.91 Å². The predicted molar refractivity (Wildman–Crippen MR) is 45.6 cm³/mol. The van der Waals surface area contributed by atoms with Crippen LogP contribution in [0.25, 0.3) is 0 Å². The fourth-order valence-electron chi connectivity index (χ4n) is 1.71. The van der Waals surface area contributed by atoms with Crippen LogP contribution in [0, 0.1) is 5.92 Å². The second-order valence-corrected chi connectivity index (χ2v) is 4.18. The minimum absolute atomic E-state index is 0.0233. The van der Waals surface area contributed by atoms with Crippen molar-refractivity contribution in [1.82, 2.24) is 5.32 Å². The van der Waals surface area contributed by atoms with Crippen molar-refractivity contribution in [2.45, 2.75) is 39.2 Å². The van der Waals surface area contributed by atoms with E-state index in [2.05, 4.69) is 5.32 Å². The second-order valence-electron chi connectivity index (χ2n) is 4.18. The Morgan fingerprint density at radius 3 is 2.58 bits per heavy atom. The highest BCUT2D eigenvalue weighted by molar-refractivity contribution is 5.87. The zero-order valence-electron chi connectivity index (χ0n) is 7.81. The number of Topliss-reactive ketones (excluding diaryl/α,β-unsaturated/α-hetero) is 1. The molecular weight excluding hydrogens is 154 g/mol. The summed E-state index contributed by atoms with van der Waals surface area (Å²) in [6, 6.07) is 0. The summed E-state index contributed by atoms with van der Waals surface area (Å²) < 4.78 is 0. The van der Waals surface area contributed by atoms with E-state index < -0.39 is 0 Å². The van der Waals surface area contributed by atoms with Crippen LogP contribution in [0.1, 0.15) is 33.6 Å². The largest absolute Gasteiger partial charge is 0.351 e. The van der Waals surface area contributed by atoms with Crippen LogP contribution < -0.4 is 5.32 Å². The Kier molecular flexibility index (Phi) is 2.22. The molecule has 1 aliphatic heterocycles. The van der Waals surface area contributed by atoms with Gasteiger partial charge in [0, 0.05) is 17.9 Å². The lowest BCUT2D eigenvalue weighted by Gasteiger charge is -2.16. The molecular formula is C9H15NO2. The fourth-order valence-corrected chi connectivity index (χ4v) is 1.71. The van der Waals surface area contributed by atoms with Gasteiger partial charge < -0.3 is 10.1 Å². The van der Waals surface area contributed by atoms with E-state index in [0.29, 0.717) is 6.42 Å². The third-order valence-corrected chi connectivity index (χ3v) is 2.12. The van der Waals surface area contributed by atoms with Crippen LogP contribution in [0.3, 0.4) is 0 Å². The Bertz CT molecular complexity index is 221. The van der Waals surface area contributed by atoms with Crippen LogP contribution in [-0.4, -0.2) is 17.2 Å². The van der Waals surface area contributed by atoms with E-state index in [1.807, 2.05) is 13.8 Å². The van der Waals surface area contributed by atoms with Crippen molar-refractivity contribution in [3.8, 4) is 0 Å². The van der Waals surface area contributed by atoms with Crippen LogP contribution in [0.15, 0.2) is 0 Å². The fraction of sp³-hybridized carbons (Fsp3) is 0.778. The van der Waals surface area contributed by atoms with Crippen molar-refractivity contribution in [2.75, 3.05) is 0 Å². The number of carbonyl (C=O) groups excluding carboxylic acids is 2. The van der Waals surface area contributed by atoms with Gasteiger partial charge in [-0.1, -0.05) is 0 Å². The molecule has 0 saturated carbocycles. The quantitative estimate of drug-likeness (QED) is 0.667. The first kappa shape index (κ1) is 9.23. The van der Waals surface area contributed by atoms with Crippen LogP contribution >= 0.6 is 0 Å². The van der Waals surface area contributed by atoms with Crippen LogP contribution in [-0.2, 0) is 9.59 Å². The Labute approximate surface area is 72.5 Å². The molecule has 1 heterocycles. The first-order chi connectivity index (χ1) is 5.41. The lowest BCUT2D eigenvalue weighted by molar-refractivity contribution is -0.126. The van der Waals surface area contributed by atoms with Gasteiger partial charge in [0.25, 0.3) is 0 Å². The highest BCUT2D eigenvalue weighted by Crippen LogP contribution is 2.26. The molecule has 1 aliphatic rings. The average molecular weight is 169 g/mol. The molecule has 1 saturated heterocycles. The number of amides is 1. The Morgan fingerprint density at radius 2 is 2.25 bits per heavy atom. The van der Waals surface area contributed by atoms with E-state index in [1.54, 1.807) is 0 Å². The standard InChI is InChI=1S/C9H15NO2/c1-6(11)4-7-5-9(2,3)10-8(7)12/h7H,4-5H2,1-3H3,(H,10,12). The van der Waals surface area contributed by atoms with Crippen LogP contribution in [0.5, 0.6) is 0 Å². The van der Waals surface area contributed by atoms with Crippen molar-refractivity contribution in [3.63, 3.8) is 0 Å². The maximum Gasteiger partial charge on any atom is 0.224 e. The zero-order valence-corrected chi connectivity index (χ0v) is 7.81. The van der Waals surface area contributed by atoms with Crippen molar-refractivity contribution < 1.29 is 9.59 Å². The van der Waals surface area contributed by atoms with E-state index in [4.69, 9.17) is 0 Å². The third kappa shape index (κ3) is 2.06. The van der Waals surface area contributed by atoms with Gasteiger partial charge in [0.05, 0.1) is 0 Å². The molecule has 0 aromatic carbocycles. The Balaban J connectivity index is 2.58. The molecule has 1 N–H and O–H groups in total. The van der Waals surface area contributed by atoms with E-state index in [-0.39, 0.29) is 23.1 Å². The molecule has 0 radical (unpaired) electrons. The molecule has 3 nitrogen and oxygen atoms in total.